The third-order valence-corrected chi connectivity index (χ3v) is 5.58. The van der Waals surface area contributed by atoms with E-state index in [0.29, 0.717) is 13.2 Å². The van der Waals surface area contributed by atoms with Gasteiger partial charge in [0.15, 0.2) is 0 Å². The molecule has 188 valence electrons. The third kappa shape index (κ3) is 24.2. The zero-order valence-electron chi connectivity index (χ0n) is 20.4. The van der Waals surface area contributed by atoms with Gasteiger partial charge in [0.25, 0.3) is 0 Å². The zero-order valence-corrected chi connectivity index (χ0v) is 21.2. The number of hydrogen-bond acceptors (Lipinski definition) is 6. The monoisotopic (exact) mass is 468 g/mol. The van der Waals surface area contributed by atoms with Crippen LogP contribution in [0.25, 0.3) is 0 Å². The Morgan fingerprint density at radius 1 is 0.645 bits per heavy atom. The van der Waals surface area contributed by atoms with E-state index in [2.05, 4.69) is 11.1 Å². The topological polar surface area (TPSA) is 91.3 Å². The van der Waals surface area contributed by atoms with Crippen molar-refractivity contribution in [2.24, 2.45) is 0 Å². The number of hydrogen-bond donors (Lipinski definition) is 1. The standard InChI is InChI=1S/C23H48O7S/c1-5-6-7-8-9-10-11-12-13-14-15-16-17-27-18-21(2)28-19-22(3)29-20-23(4)30-31(24,25)26/h21-23H,5-20H2,1-4H3,(H,24,25,26). The Bertz CT molecular complexity index is 484. The van der Waals surface area contributed by atoms with Gasteiger partial charge in [-0.1, -0.05) is 77.6 Å². The Morgan fingerprint density at radius 2 is 1.06 bits per heavy atom. The minimum absolute atomic E-state index is 0.0325. The summed E-state index contributed by atoms with van der Waals surface area (Å²) in [6.45, 7) is 9.30. The van der Waals surface area contributed by atoms with Gasteiger partial charge >= 0.3 is 10.4 Å². The first kappa shape index (κ1) is 30.8. The van der Waals surface area contributed by atoms with Gasteiger partial charge < -0.3 is 14.2 Å². The fourth-order valence-corrected chi connectivity index (χ4v) is 3.70. The minimum atomic E-state index is -4.45. The highest BCUT2D eigenvalue weighted by Gasteiger charge is 2.14. The number of rotatable bonds is 23. The highest BCUT2D eigenvalue weighted by atomic mass is 32.3. The lowest BCUT2D eigenvalue weighted by Crippen LogP contribution is -2.27. The Balaban J connectivity index is 3.41. The van der Waals surface area contributed by atoms with Gasteiger partial charge in [-0.25, -0.2) is 4.18 Å². The summed E-state index contributed by atoms with van der Waals surface area (Å²) in [5.74, 6) is 0. The van der Waals surface area contributed by atoms with E-state index in [-0.39, 0.29) is 18.8 Å². The lowest BCUT2D eigenvalue weighted by molar-refractivity contribution is -0.0679. The van der Waals surface area contributed by atoms with Gasteiger partial charge in [-0.05, 0) is 27.2 Å². The van der Waals surface area contributed by atoms with E-state index in [4.69, 9.17) is 18.8 Å². The van der Waals surface area contributed by atoms with Crippen molar-refractivity contribution >= 4 is 10.4 Å². The second-order valence-electron chi connectivity index (χ2n) is 8.59. The van der Waals surface area contributed by atoms with Crippen LogP contribution in [-0.4, -0.2) is 57.7 Å². The maximum atomic E-state index is 10.6. The molecule has 3 unspecified atom stereocenters. The maximum absolute atomic E-state index is 10.6. The van der Waals surface area contributed by atoms with E-state index < -0.39 is 16.5 Å². The molecular weight excluding hydrogens is 420 g/mol. The van der Waals surface area contributed by atoms with Crippen molar-refractivity contribution in [2.45, 2.75) is 123 Å². The summed E-state index contributed by atoms with van der Waals surface area (Å²) in [5.41, 5.74) is 0. The molecule has 0 bridgehead atoms. The molecular formula is C23H48O7S. The van der Waals surface area contributed by atoms with Gasteiger partial charge in [0.1, 0.15) is 0 Å². The Kier molecular flexibility index (Phi) is 20.2. The van der Waals surface area contributed by atoms with Crippen LogP contribution in [0.15, 0.2) is 0 Å². The summed E-state index contributed by atoms with van der Waals surface area (Å²) in [6, 6.07) is 0. The molecule has 0 fully saturated rings. The van der Waals surface area contributed by atoms with Crippen LogP contribution in [0.2, 0.25) is 0 Å². The van der Waals surface area contributed by atoms with Crippen LogP contribution in [0.5, 0.6) is 0 Å². The molecule has 0 amide bonds. The molecule has 0 aromatic heterocycles. The maximum Gasteiger partial charge on any atom is 0.397 e. The van der Waals surface area contributed by atoms with Crippen molar-refractivity contribution in [1.82, 2.24) is 0 Å². The van der Waals surface area contributed by atoms with Gasteiger partial charge in [-0.3, -0.25) is 4.55 Å². The van der Waals surface area contributed by atoms with Crippen LogP contribution in [-0.2, 0) is 28.8 Å². The first-order valence-electron chi connectivity index (χ1n) is 12.2. The molecule has 0 aliphatic carbocycles. The van der Waals surface area contributed by atoms with Crippen LogP contribution in [0.1, 0.15) is 105 Å². The molecule has 0 aromatic carbocycles. The molecule has 0 spiro atoms. The highest BCUT2D eigenvalue weighted by Crippen LogP contribution is 2.12. The van der Waals surface area contributed by atoms with Crippen LogP contribution in [0, 0.1) is 0 Å². The van der Waals surface area contributed by atoms with E-state index in [1.54, 1.807) is 0 Å². The fraction of sp³-hybridized carbons (Fsp3) is 1.00. The average Bonchev–Trinajstić information content (AvgIpc) is 2.69. The molecule has 0 saturated carbocycles. The van der Waals surface area contributed by atoms with Crippen molar-refractivity contribution in [2.75, 3.05) is 26.4 Å². The van der Waals surface area contributed by atoms with Gasteiger partial charge in [0, 0.05) is 6.61 Å². The van der Waals surface area contributed by atoms with E-state index in [1.807, 2.05) is 13.8 Å². The normalized spacial score (nSPS) is 15.1. The molecule has 8 heteroatoms. The summed E-state index contributed by atoms with van der Waals surface area (Å²) < 4.78 is 51.1. The molecule has 0 rings (SSSR count). The lowest BCUT2D eigenvalue weighted by atomic mass is 10.1. The van der Waals surface area contributed by atoms with Crippen molar-refractivity contribution in [3.8, 4) is 0 Å². The van der Waals surface area contributed by atoms with Crippen molar-refractivity contribution in [3.05, 3.63) is 0 Å². The molecule has 3 atom stereocenters. The quantitative estimate of drug-likeness (QED) is 0.151. The third-order valence-electron chi connectivity index (χ3n) is 5.01. The number of ether oxygens (including phenoxy) is 3. The Hall–Kier alpha value is -0.250. The largest absolute Gasteiger partial charge is 0.397 e. The van der Waals surface area contributed by atoms with E-state index in [9.17, 15) is 8.42 Å². The van der Waals surface area contributed by atoms with Crippen LogP contribution < -0.4 is 0 Å². The summed E-state index contributed by atoms with van der Waals surface area (Å²) in [7, 11) is -4.45. The molecule has 1 N–H and O–H groups in total. The second-order valence-corrected chi connectivity index (χ2v) is 9.63. The molecule has 0 aromatic rings. The van der Waals surface area contributed by atoms with E-state index in [0.717, 1.165) is 13.0 Å². The van der Waals surface area contributed by atoms with Crippen molar-refractivity contribution in [1.29, 1.82) is 0 Å². The van der Waals surface area contributed by atoms with Gasteiger partial charge in [0.05, 0.1) is 38.1 Å². The summed E-state index contributed by atoms with van der Waals surface area (Å²) in [6.07, 6.45) is 15.0. The summed E-state index contributed by atoms with van der Waals surface area (Å²) >= 11 is 0. The first-order chi connectivity index (χ1) is 14.7. The van der Waals surface area contributed by atoms with Crippen LogP contribution in [0.3, 0.4) is 0 Å². The number of unbranched alkanes of at least 4 members (excludes halogenated alkanes) is 11. The van der Waals surface area contributed by atoms with Crippen LogP contribution >= 0.6 is 0 Å². The van der Waals surface area contributed by atoms with Gasteiger partial charge in [-0.15, -0.1) is 0 Å². The van der Waals surface area contributed by atoms with Crippen LogP contribution in [0.4, 0.5) is 0 Å². The average molecular weight is 469 g/mol. The molecule has 7 nitrogen and oxygen atoms in total. The molecule has 0 aliphatic heterocycles. The Labute approximate surface area is 191 Å². The molecule has 0 saturated heterocycles. The lowest BCUT2D eigenvalue weighted by Gasteiger charge is -2.19. The van der Waals surface area contributed by atoms with E-state index in [1.165, 1.54) is 77.6 Å². The van der Waals surface area contributed by atoms with Crippen molar-refractivity contribution < 1.29 is 31.4 Å². The second kappa shape index (κ2) is 20.4. The Morgan fingerprint density at radius 3 is 1.55 bits per heavy atom. The van der Waals surface area contributed by atoms with Crippen molar-refractivity contribution in [3.63, 3.8) is 0 Å². The zero-order chi connectivity index (χ0) is 23.4. The summed E-state index contributed by atoms with van der Waals surface area (Å²) in [4.78, 5) is 0. The fourth-order valence-electron chi connectivity index (χ4n) is 3.23. The predicted molar refractivity (Wildman–Crippen MR) is 125 cm³/mol. The van der Waals surface area contributed by atoms with E-state index >= 15 is 0 Å². The van der Waals surface area contributed by atoms with Gasteiger partial charge in [-0.2, -0.15) is 8.42 Å². The predicted octanol–water partition coefficient (Wildman–Crippen LogP) is 5.72. The highest BCUT2D eigenvalue weighted by molar-refractivity contribution is 7.80. The minimum Gasteiger partial charge on any atom is -0.379 e. The molecule has 0 radical (unpaired) electrons. The molecule has 31 heavy (non-hydrogen) atoms. The van der Waals surface area contributed by atoms with Gasteiger partial charge in [0.2, 0.25) is 0 Å². The molecule has 0 aliphatic rings. The SMILES string of the molecule is CCCCCCCCCCCCCCOCC(C)OCC(C)OCC(C)OS(=O)(=O)O. The summed E-state index contributed by atoms with van der Waals surface area (Å²) in [5, 5.41) is 0. The smallest absolute Gasteiger partial charge is 0.379 e. The first-order valence-corrected chi connectivity index (χ1v) is 13.6. The molecule has 0 heterocycles.